The van der Waals surface area contributed by atoms with Gasteiger partial charge in [-0.15, -0.1) is 0 Å². The molecule has 0 aliphatic heterocycles. The highest BCUT2D eigenvalue weighted by Crippen LogP contribution is 2.18. The molecular formula is C13H25NO. The molecule has 1 rings (SSSR count). The molecule has 1 amide bonds. The fourth-order valence-electron chi connectivity index (χ4n) is 2.33. The van der Waals surface area contributed by atoms with Gasteiger partial charge in [0.05, 0.1) is 0 Å². The van der Waals surface area contributed by atoms with E-state index >= 15 is 0 Å². The zero-order valence-electron chi connectivity index (χ0n) is 10.2. The van der Waals surface area contributed by atoms with Crippen molar-refractivity contribution in [3.8, 4) is 0 Å². The van der Waals surface area contributed by atoms with Crippen LogP contribution in [0.2, 0.25) is 0 Å². The van der Waals surface area contributed by atoms with Gasteiger partial charge in [-0.05, 0) is 19.3 Å². The van der Waals surface area contributed by atoms with Gasteiger partial charge in [0.15, 0.2) is 0 Å². The average Bonchev–Trinajstić information content (AvgIpc) is 2.46. The monoisotopic (exact) mass is 211 g/mol. The molecule has 0 heterocycles. The first kappa shape index (κ1) is 12.5. The Bertz CT molecular complexity index is 183. The second-order valence-electron chi connectivity index (χ2n) is 4.89. The molecule has 1 aliphatic rings. The second-order valence-corrected chi connectivity index (χ2v) is 4.89. The summed E-state index contributed by atoms with van der Waals surface area (Å²) in [6, 6.07) is 0.458. The fraction of sp³-hybridized carbons (Fsp3) is 0.923. The zero-order chi connectivity index (χ0) is 11.1. The lowest BCUT2D eigenvalue weighted by molar-refractivity contribution is -0.125. The normalized spacial score (nSPS) is 20.7. The van der Waals surface area contributed by atoms with E-state index in [1.165, 1.54) is 38.5 Å². The molecule has 2 nitrogen and oxygen atoms in total. The lowest BCUT2D eigenvalue weighted by Gasteiger charge is -2.19. The van der Waals surface area contributed by atoms with E-state index in [0.29, 0.717) is 6.04 Å². The SMILES string of the molecule is CCC[C@H](C)C(=O)NC1CCCCCC1. The van der Waals surface area contributed by atoms with Crippen molar-refractivity contribution < 1.29 is 4.79 Å². The number of hydrogen-bond donors (Lipinski definition) is 1. The van der Waals surface area contributed by atoms with Crippen LogP contribution < -0.4 is 5.32 Å². The van der Waals surface area contributed by atoms with Crippen molar-refractivity contribution in [2.24, 2.45) is 5.92 Å². The molecule has 1 atom stereocenters. The van der Waals surface area contributed by atoms with E-state index in [9.17, 15) is 4.79 Å². The van der Waals surface area contributed by atoms with Crippen LogP contribution in [0.3, 0.4) is 0 Å². The standard InChI is InChI=1S/C13H25NO/c1-3-8-11(2)13(15)14-12-9-6-4-5-7-10-12/h11-12H,3-10H2,1-2H3,(H,14,15)/t11-/m0/s1. The third-order valence-corrected chi connectivity index (χ3v) is 3.37. The summed E-state index contributed by atoms with van der Waals surface area (Å²) in [6.07, 6.45) is 9.74. The third kappa shape index (κ3) is 4.67. The molecule has 0 saturated heterocycles. The quantitative estimate of drug-likeness (QED) is 0.710. The Labute approximate surface area is 93.8 Å². The molecule has 88 valence electrons. The summed E-state index contributed by atoms with van der Waals surface area (Å²) in [5.74, 6) is 0.460. The highest BCUT2D eigenvalue weighted by atomic mass is 16.1. The summed E-state index contributed by atoms with van der Waals surface area (Å²) < 4.78 is 0. The molecule has 0 radical (unpaired) electrons. The molecule has 0 unspecified atom stereocenters. The van der Waals surface area contributed by atoms with E-state index in [0.717, 1.165) is 12.8 Å². The predicted octanol–water partition coefficient (Wildman–Crippen LogP) is 3.26. The van der Waals surface area contributed by atoms with Crippen LogP contribution in [-0.4, -0.2) is 11.9 Å². The maximum absolute atomic E-state index is 11.8. The second kappa shape index (κ2) is 6.86. The minimum Gasteiger partial charge on any atom is -0.353 e. The van der Waals surface area contributed by atoms with Crippen molar-refractivity contribution in [2.45, 2.75) is 71.3 Å². The van der Waals surface area contributed by atoms with Crippen LogP contribution in [0.5, 0.6) is 0 Å². The Hall–Kier alpha value is -0.530. The van der Waals surface area contributed by atoms with Gasteiger partial charge in [0.2, 0.25) is 5.91 Å². The van der Waals surface area contributed by atoms with Crippen molar-refractivity contribution in [2.75, 3.05) is 0 Å². The van der Waals surface area contributed by atoms with E-state index in [1.807, 2.05) is 6.92 Å². The van der Waals surface area contributed by atoms with E-state index in [-0.39, 0.29) is 11.8 Å². The average molecular weight is 211 g/mol. The van der Waals surface area contributed by atoms with Crippen LogP contribution >= 0.6 is 0 Å². The van der Waals surface area contributed by atoms with Crippen LogP contribution in [0, 0.1) is 5.92 Å². The van der Waals surface area contributed by atoms with Crippen LogP contribution in [0.4, 0.5) is 0 Å². The highest BCUT2D eigenvalue weighted by Gasteiger charge is 2.17. The Balaban J connectivity index is 2.28. The number of hydrogen-bond acceptors (Lipinski definition) is 1. The van der Waals surface area contributed by atoms with Crippen LogP contribution in [-0.2, 0) is 4.79 Å². The van der Waals surface area contributed by atoms with E-state index < -0.39 is 0 Å². The van der Waals surface area contributed by atoms with Gasteiger partial charge in [0.1, 0.15) is 0 Å². The van der Waals surface area contributed by atoms with Gasteiger partial charge >= 0.3 is 0 Å². The van der Waals surface area contributed by atoms with Crippen LogP contribution in [0.15, 0.2) is 0 Å². The number of rotatable bonds is 4. The number of carbonyl (C=O) groups excluding carboxylic acids is 1. The van der Waals surface area contributed by atoms with E-state index in [4.69, 9.17) is 0 Å². The molecule has 0 aromatic carbocycles. The minimum absolute atomic E-state index is 0.193. The Kier molecular flexibility index (Phi) is 5.74. The van der Waals surface area contributed by atoms with Crippen molar-refractivity contribution in [1.82, 2.24) is 5.32 Å². The fourth-order valence-corrected chi connectivity index (χ4v) is 2.33. The molecule has 1 aliphatic carbocycles. The number of nitrogens with one attached hydrogen (secondary N) is 1. The minimum atomic E-state index is 0.193. The molecule has 0 spiro atoms. The molecule has 0 bridgehead atoms. The van der Waals surface area contributed by atoms with Gasteiger partial charge < -0.3 is 5.32 Å². The highest BCUT2D eigenvalue weighted by molar-refractivity contribution is 5.78. The topological polar surface area (TPSA) is 29.1 Å². The molecule has 15 heavy (non-hydrogen) atoms. The largest absolute Gasteiger partial charge is 0.353 e. The lowest BCUT2D eigenvalue weighted by Crippen LogP contribution is -2.37. The number of amides is 1. The summed E-state index contributed by atoms with van der Waals surface area (Å²) in [6.45, 7) is 4.17. The van der Waals surface area contributed by atoms with Gasteiger partial charge in [-0.3, -0.25) is 4.79 Å². The molecule has 0 aromatic rings. The molecule has 2 heteroatoms. The van der Waals surface area contributed by atoms with Crippen LogP contribution in [0.1, 0.15) is 65.2 Å². The third-order valence-electron chi connectivity index (χ3n) is 3.37. The van der Waals surface area contributed by atoms with Gasteiger partial charge in [0, 0.05) is 12.0 Å². The summed E-state index contributed by atoms with van der Waals surface area (Å²) in [5.41, 5.74) is 0. The Morgan fingerprint density at radius 3 is 2.40 bits per heavy atom. The summed E-state index contributed by atoms with van der Waals surface area (Å²) in [4.78, 5) is 11.8. The van der Waals surface area contributed by atoms with Crippen molar-refractivity contribution in [1.29, 1.82) is 0 Å². The smallest absolute Gasteiger partial charge is 0.223 e. The van der Waals surface area contributed by atoms with Gasteiger partial charge in [-0.25, -0.2) is 0 Å². The van der Waals surface area contributed by atoms with Gasteiger partial charge in [0.25, 0.3) is 0 Å². The molecule has 0 aromatic heterocycles. The molecule has 1 saturated carbocycles. The summed E-state index contributed by atoms with van der Waals surface area (Å²) >= 11 is 0. The van der Waals surface area contributed by atoms with Crippen molar-refractivity contribution in [3.05, 3.63) is 0 Å². The van der Waals surface area contributed by atoms with Crippen LogP contribution in [0.25, 0.3) is 0 Å². The van der Waals surface area contributed by atoms with Crippen molar-refractivity contribution in [3.63, 3.8) is 0 Å². The molecule has 1 N–H and O–H groups in total. The molecule has 1 fully saturated rings. The van der Waals surface area contributed by atoms with Gasteiger partial charge in [-0.2, -0.15) is 0 Å². The maximum Gasteiger partial charge on any atom is 0.223 e. The first-order chi connectivity index (χ1) is 7.24. The zero-order valence-corrected chi connectivity index (χ0v) is 10.2. The van der Waals surface area contributed by atoms with E-state index in [1.54, 1.807) is 0 Å². The maximum atomic E-state index is 11.8. The number of carbonyl (C=O) groups is 1. The Morgan fingerprint density at radius 1 is 1.27 bits per heavy atom. The van der Waals surface area contributed by atoms with Gasteiger partial charge in [-0.1, -0.05) is 46.0 Å². The van der Waals surface area contributed by atoms with Crippen molar-refractivity contribution >= 4 is 5.91 Å². The first-order valence-corrected chi connectivity index (χ1v) is 6.54. The summed E-state index contributed by atoms with van der Waals surface area (Å²) in [5, 5.41) is 3.20. The van der Waals surface area contributed by atoms with E-state index in [2.05, 4.69) is 12.2 Å². The lowest BCUT2D eigenvalue weighted by atomic mass is 10.0. The predicted molar refractivity (Wildman–Crippen MR) is 63.7 cm³/mol. The summed E-state index contributed by atoms with van der Waals surface area (Å²) in [7, 11) is 0. The molecular weight excluding hydrogens is 186 g/mol. The first-order valence-electron chi connectivity index (χ1n) is 6.54. The Morgan fingerprint density at radius 2 is 1.87 bits per heavy atom.